The highest BCUT2D eigenvalue weighted by atomic mass is 79.9. The van der Waals surface area contributed by atoms with Crippen LogP contribution in [0.2, 0.25) is 0 Å². The highest BCUT2D eigenvalue weighted by Crippen LogP contribution is 2.30. The van der Waals surface area contributed by atoms with E-state index >= 15 is 0 Å². The molecule has 1 aliphatic rings. The van der Waals surface area contributed by atoms with Crippen LogP contribution >= 0.6 is 31.9 Å². The Morgan fingerprint density at radius 1 is 1.43 bits per heavy atom. The van der Waals surface area contributed by atoms with Crippen LogP contribution in [0, 0.1) is 5.92 Å². The Bertz CT molecular complexity index is 661. The summed E-state index contributed by atoms with van der Waals surface area (Å²) in [6, 6.07) is 5.08. The first kappa shape index (κ1) is 16.9. The number of hydrogen-bond acceptors (Lipinski definition) is 4. The van der Waals surface area contributed by atoms with Crippen molar-refractivity contribution >= 4 is 47.6 Å². The predicted octanol–water partition coefficient (Wildman–Crippen LogP) is 3.46. The largest absolute Gasteiger partial charge is 0.411 e. The first-order valence-electron chi connectivity index (χ1n) is 6.56. The molecule has 1 saturated heterocycles. The van der Waals surface area contributed by atoms with Crippen molar-refractivity contribution in [3.63, 3.8) is 0 Å². The van der Waals surface area contributed by atoms with Gasteiger partial charge in [0.1, 0.15) is 0 Å². The molecule has 21 heavy (non-hydrogen) atoms. The van der Waals surface area contributed by atoms with E-state index in [0.29, 0.717) is 34.2 Å². The van der Waals surface area contributed by atoms with Gasteiger partial charge in [-0.3, -0.25) is 0 Å². The number of piperidine rings is 1. The molecule has 116 valence electrons. The van der Waals surface area contributed by atoms with Crippen molar-refractivity contribution in [3.05, 3.63) is 27.1 Å². The monoisotopic (exact) mass is 438 g/mol. The Hall–Kier alpha value is -0.440. The summed E-state index contributed by atoms with van der Waals surface area (Å²) in [6.45, 7) is 2.63. The highest BCUT2D eigenvalue weighted by molar-refractivity contribution is 9.11. The molecule has 1 atom stereocenters. The predicted molar refractivity (Wildman–Crippen MR) is 88.2 cm³/mol. The van der Waals surface area contributed by atoms with Crippen molar-refractivity contribution in [2.24, 2.45) is 11.1 Å². The molecular formula is C13H16Br2N2O3S. The number of hydrogen-bond donors (Lipinski definition) is 1. The summed E-state index contributed by atoms with van der Waals surface area (Å²) in [5.41, 5.74) is 0.678. The lowest BCUT2D eigenvalue weighted by molar-refractivity contribution is 0.295. The van der Waals surface area contributed by atoms with Crippen LogP contribution in [0.25, 0.3) is 0 Å². The normalized spacial score (nSPS) is 22.6. The molecule has 8 heteroatoms. The second-order valence-corrected chi connectivity index (χ2v) is 8.56. The van der Waals surface area contributed by atoms with Gasteiger partial charge in [0.25, 0.3) is 0 Å². The number of halogens is 2. The van der Waals surface area contributed by atoms with E-state index in [1.807, 2.05) is 6.92 Å². The molecular weight excluding hydrogens is 424 g/mol. The Labute approximate surface area is 141 Å². The van der Waals surface area contributed by atoms with E-state index in [0.717, 1.165) is 6.42 Å². The molecule has 1 aliphatic heterocycles. The summed E-state index contributed by atoms with van der Waals surface area (Å²) in [7, 11) is -3.57. The third kappa shape index (κ3) is 3.49. The zero-order valence-corrected chi connectivity index (χ0v) is 15.4. The number of oxime groups is 1. The fourth-order valence-electron chi connectivity index (χ4n) is 2.41. The van der Waals surface area contributed by atoms with E-state index < -0.39 is 10.0 Å². The zero-order valence-electron chi connectivity index (χ0n) is 11.5. The van der Waals surface area contributed by atoms with Crippen LogP contribution in [-0.4, -0.2) is 36.7 Å². The second kappa shape index (κ2) is 6.76. The Morgan fingerprint density at radius 2 is 2.14 bits per heavy atom. The van der Waals surface area contributed by atoms with Gasteiger partial charge in [0.15, 0.2) is 0 Å². The van der Waals surface area contributed by atoms with E-state index in [-0.39, 0.29) is 10.8 Å². The van der Waals surface area contributed by atoms with Crippen molar-refractivity contribution in [2.75, 3.05) is 13.1 Å². The standard InChI is InChI=1S/C13H16Br2N2O3S/c1-2-9-8-17(6-5-12(9)16-18)21(19,20)13-7-10(14)3-4-11(13)15/h3-4,7,9,18H,2,5-6,8H2,1H3/b16-12+. The molecule has 0 amide bonds. The smallest absolute Gasteiger partial charge is 0.244 e. The minimum Gasteiger partial charge on any atom is -0.411 e. The Kier molecular flexibility index (Phi) is 5.45. The van der Waals surface area contributed by atoms with Crippen molar-refractivity contribution < 1.29 is 13.6 Å². The molecule has 2 rings (SSSR count). The van der Waals surface area contributed by atoms with Crippen LogP contribution in [0.1, 0.15) is 19.8 Å². The van der Waals surface area contributed by atoms with Gasteiger partial charge in [0.2, 0.25) is 10.0 Å². The molecule has 0 aliphatic carbocycles. The Balaban J connectivity index is 2.34. The molecule has 0 saturated carbocycles. The summed E-state index contributed by atoms with van der Waals surface area (Å²) in [5.74, 6) is -0.0375. The van der Waals surface area contributed by atoms with Gasteiger partial charge >= 0.3 is 0 Å². The van der Waals surface area contributed by atoms with Gasteiger partial charge in [-0.15, -0.1) is 0 Å². The van der Waals surface area contributed by atoms with Crippen LogP contribution in [-0.2, 0) is 10.0 Å². The fraction of sp³-hybridized carbons (Fsp3) is 0.462. The number of nitrogens with zero attached hydrogens (tertiary/aromatic N) is 2. The molecule has 0 spiro atoms. The molecule has 1 unspecified atom stereocenters. The first-order chi connectivity index (χ1) is 9.90. The van der Waals surface area contributed by atoms with Gasteiger partial charge < -0.3 is 5.21 Å². The Morgan fingerprint density at radius 3 is 2.76 bits per heavy atom. The molecule has 1 aromatic carbocycles. The molecule has 0 bridgehead atoms. The third-order valence-corrected chi connectivity index (χ3v) is 7.00. The van der Waals surface area contributed by atoms with Crippen LogP contribution in [0.15, 0.2) is 37.2 Å². The van der Waals surface area contributed by atoms with Crippen LogP contribution in [0.5, 0.6) is 0 Å². The summed E-state index contributed by atoms with van der Waals surface area (Å²) >= 11 is 6.60. The number of sulfonamides is 1. The summed E-state index contributed by atoms with van der Waals surface area (Å²) < 4.78 is 28.3. The van der Waals surface area contributed by atoms with Crippen molar-refractivity contribution in [1.29, 1.82) is 0 Å². The van der Waals surface area contributed by atoms with Gasteiger partial charge in [-0.1, -0.05) is 28.0 Å². The summed E-state index contributed by atoms with van der Waals surface area (Å²) in [4.78, 5) is 0.246. The van der Waals surface area contributed by atoms with Crippen LogP contribution < -0.4 is 0 Å². The second-order valence-electron chi connectivity index (χ2n) is 4.88. The maximum atomic E-state index is 12.8. The quantitative estimate of drug-likeness (QED) is 0.579. The molecule has 0 aromatic heterocycles. The van der Waals surface area contributed by atoms with E-state index in [1.54, 1.807) is 18.2 Å². The molecule has 1 fully saturated rings. The molecule has 0 radical (unpaired) electrons. The molecule has 1 heterocycles. The van der Waals surface area contributed by atoms with Crippen molar-refractivity contribution in [1.82, 2.24) is 4.31 Å². The van der Waals surface area contributed by atoms with Crippen LogP contribution in [0.4, 0.5) is 0 Å². The maximum Gasteiger partial charge on any atom is 0.244 e. The lowest BCUT2D eigenvalue weighted by Gasteiger charge is -2.32. The van der Waals surface area contributed by atoms with Gasteiger partial charge in [-0.05, 0) is 40.5 Å². The number of rotatable bonds is 3. The van der Waals surface area contributed by atoms with E-state index in [2.05, 4.69) is 37.0 Å². The highest BCUT2D eigenvalue weighted by Gasteiger charge is 2.34. The van der Waals surface area contributed by atoms with E-state index in [9.17, 15) is 8.42 Å². The van der Waals surface area contributed by atoms with E-state index in [4.69, 9.17) is 5.21 Å². The molecule has 5 nitrogen and oxygen atoms in total. The lowest BCUT2D eigenvalue weighted by atomic mass is 9.95. The van der Waals surface area contributed by atoms with Crippen LogP contribution in [0.3, 0.4) is 0 Å². The molecule has 1 aromatic rings. The minimum absolute atomic E-state index is 0.0375. The fourth-order valence-corrected chi connectivity index (χ4v) is 5.36. The summed E-state index contributed by atoms with van der Waals surface area (Å²) in [5, 5.41) is 12.3. The first-order valence-corrected chi connectivity index (χ1v) is 9.58. The topological polar surface area (TPSA) is 70.0 Å². The maximum absolute atomic E-state index is 12.8. The van der Waals surface area contributed by atoms with Crippen molar-refractivity contribution in [2.45, 2.75) is 24.7 Å². The average Bonchev–Trinajstić information content (AvgIpc) is 2.48. The van der Waals surface area contributed by atoms with Gasteiger partial charge in [0, 0.05) is 34.4 Å². The SMILES string of the molecule is CCC1CN(S(=O)(=O)c2cc(Br)ccc2Br)CC/C1=N\O. The molecule has 1 N–H and O–H groups in total. The van der Waals surface area contributed by atoms with Gasteiger partial charge in [-0.2, -0.15) is 4.31 Å². The third-order valence-electron chi connectivity index (χ3n) is 3.64. The van der Waals surface area contributed by atoms with Gasteiger partial charge in [-0.25, -0.2) is 8.42 Å². The summed E-state index contributed by atoms with van der Waals surface area (Å²) in [6.07, 6.45) is 1.20. The zero-order chi connectivity index (χ0) is 15.6. The lowest BCUT2D eigenvalue weighted by Crippen LogP contribution is -2.44. The van der Waals surface area contributed by atoms with Gasteiger partial charge in [0.05, 0.1) is 10.6 Å². The average molecular weight is 440 g/mol. The van der Waals surface area contributed by atoms with E-state index in [1.165, 1.54) is 4.31 Å². The van der Waals surface area contributed by atoms with Crippen molar-refractivity contribution in [3.8, 4) is 0 Å². The minimum atomic E-state index is -3.57. The number of benzene rings is 1.